The summed E-state index contributed by atoms with van der Waals surface area (Å²) >= 11 is 2.99. The molecule has 0 saturated carbocycles. The number of aryl methyl sites for hydroxylation is 1. The monoisotopic (exact) mass is 498 g/mol. The molecule has 0 unspecified atom stereocenters. The van der Waals surface area contributed by atoms with Crippen molar-refractivity contribution in [1.29, 1.82) is 0 Å². The summed E-state index contributed by atoms with van der Waals surface area (Å²) in [4.78, 5) is 26.1. The zero-order valence-electron chi connectivity index (χ0n) is 19.5. The van der Waals surface area contributed by atoms with E-state index in [0.29, 0.717) is 12.3 Å². The van der Waals surface area contributed by atoms with Gasteiger partial charge >= 0.3 is 0 Å². The average Bonchev–Trinajstić information content (AvgIpc) is 3.46. The summed E-state index contributed by atoms with van der Waals surface area (Å²) in [7, 11) is 5.16. The maximum absolute atomic E-state index is 13.0. The number of benzene rings is 1. The predicted octanol–water partition coefficient (Wildman–Crippen LogP) is 4.05. The molecule has 0 aliphatic heterocycles. The van der Waals surface area contributed by atoms with Crippen LogP contribution in [0.3, 0.4) is 0 Å². The number of nitrogens with one attached hydrogen (secondary N) is 1. The second-order valence-electron chi connectivity index (χ2n) is 8.53. The van der Waals surface area contributed by atoms with Gasteiger partial charge in [0.1, 0.15) is 28.2 Å². The molecule has 3 heterocycles. The second kappa shape index (κ2) is 9.40. The van der Waals surface area contributed by atoms with Gasteiger partial charge in [0.15, 0.2) is 0 Å². The zero-order chi connectivity index (χ0) is 23.8. The summed E-state index contributed by atoms with van der Waals surface area (Å²) in [6, 6.07) is 3.86. The van der Waals surface area contributed by atoms with Crippen LogP contribution >= 0.6 is 22.9 Å². The first-order chi connectivity index (χ1) is 16.5. The van der Waals surface area contributed by atoms with E-state index >= 15 is 0 Å². The number of carbonyl (C=O) groups excluding carboxylic acids is 1. The van der Waals surface area contributed by atoms with Crippen molar-refractivity contribution < 1.29 is 14.3 Å². The van der Waals surface area contributed by atoms with Crippen molar-refractivity contribution in [3.63, 3.8) is 0 Å². The Balaban J connectivity index is 1.44. The summed E-state index contributed by atoms with van der Waals surface area (Å²) in [6.07, 6.45) is 3.94. The van der Waals surface area contributed by atoms with Crippen molar-refractivity contribution >= 4 is 60.7 Å². The number of hydrogen-bond acceptors (Lipinski definition) is 10. The van der Waals surface area contributed by atoms with Gasteiger partial charge in [0.25, 0.3) is 0 Å². The van der Waals surface area contributed by atoms with Gasteiger partial charge in [-0.15, -0.1) is 16.4 Å². The molecule has 0 spiro atoms. The Morgan fingerprint density at radius 3 is 2.97 bits per heavy atom. The standard InChI is InChI=1S/C23H26N6O3S2/c1-12(31-3)10-29(2)23(30)13-5-6-14-18(7-13)33-22-20(14)21(24-11-25-22)26-15-9-19-16(27-28-34-19)8-17(15)32-4/h8-9,11-13H,5-7,10H2,1-4H3,(H,24,25,26)/t12-,13+/m1/s1. The van der Waals surface area contributed by atoms with Crippen LogP contribution in [-0.4, -0.2) is 64.3 Å². The zero-order valence-corrected chi connectivity index (χ0v) is 21.1. The highest BCUT2D eigenvalue weighted by atomic mass is 32.1. The highest BCUT2D eigenvalue weighted by Crippen LogP contribution is 2.42. The van der Waals surface area contributed by atoms with E-state index in [0.717, 1.165) is 51.2 Å². The summed E-state index contributed by atoms with van der Waals surface area (Å²) in [5.41, 5.74) is 2.84. The van der Waals surface area contributed by atoms with Gasteiger partial charge in [-0.05, 0) is 49.3 Å². The number of rotatable bonds is 7. The minimum absolute atomic E-state index is 0.0123. The number of carbonyl (C=O) groups is 1. The quantitative estimate of drug-likeness (QED) is 0.407. The number of anilines is 2. The Bertz CT molecular complexity index is 1350. The molecule has 1 aromatic carbocycles. The van der Waals surface area contributed by atoms with Gasteiger partial charge in [-0.1, -0.05) is 4.49 Å². The van der Waals surface area contributed by atoms with E-state index in [2.05, 4.69) is 24.9 Å². The van der Waals surface area contributed by atoms with Crippen LogP contribution in [-0.2, 0) is 22.4 Å². The van der Waals surface area contributed by atoms with Crippen molar-refractivity contribution in [2.45, 2.75) is 32.3 Å². The van der Waals surface area contributed by atoms with Crippen LogP contribution in [0.4, 0.5) is 11.5 Å². The molecule has 0 saturated heterocycles. The molecular weight excluding hydrogens is 472 g/mol. The molecule has 0 fully saturated rings. The molecule has 178 valence electrons. The fourth-order valence-corrected chi connectivity index (χ4v) is 6.33. The van der Waals surface area contributed by atoms with Crippen molar-refractivity contribution in [3.05, 3.63) is 28.9 Å². The van der Waals surface area contributed by atoms with E-state index in [9.17, 15) is 4.79 Å². The van der Waals surface area contributed by atoms with Crippen LogP contribution in [0, 0.1) is 5.92 Å². The molecule has 0 bridgehead atoms. The third-order valence-electron chi connectivity index (χ3n) is 6.33. The number of methoxy groups -OCH3 is 2. The topological polar surface area (TPSA) is 102 Å². The normalized spacial score (nSPS) is 16.4. The molecule has 5 rings (SSSR count). The van der Waals surface area contributed by atoms with Gasteiger partial charge in [0.2, 0.25) is 5.91 Å². The molecule has 1 N–H and O–H groups in total. The molecule has 9 nitrogen and oxygen atoms in total. The van der Waals surface area contributed by atoms with E-state index in [1.54, 1.807) is 36.8 Å². The summed E-state index contributed by atoms with van der Waals surface area (Å²) in [5, 5.41) is 8.61. The van der Waals surface area contributed by atoms with Crippen LogP contribution in [0.25, 0.3) is 20.4 Å². The molecular formula is C23H26N6O3S2. The van der Waals surface area contributed by atoms with Crippen molar-refractivity contribution in [3.8, 4) is 5.75 Å². The minimum atomic E-state index is -0.0275. The lowest BCUT2D eigenvalue weighted by Gasteiger charge is -2.28. The molecule has 1 aliphatic carbocycles. The van der Waals surface area contributed by atoms with Gasteiger partial charge in [-0.25, -0.2) is 9.97 Å². The third-order valence-corrected chi connectivity index (χ3v) is 8.18. The Hall–Kier alpha value is -2.89. The molecule has 3 aromatic heterocycles. The van der Waals surface area contributed by atoms with Gasteiger partial charge < -0.3 is 19.7 Å². The van der Waals surface area contributed by atoms with Gasteiger partial charge in [-0.2, -0.15) is 0 Å². The second-order valence-corrected chi connectivity index (χ2v) is 10.4. The molecule has 2 atom stereocenters. The molecule has 4 aromatic rings. The highest BCUT2D eigenvalue weighted by molar-refractivity contribution is 7.19. The average molecular weight is 499 g/mol. The summed E-state index contributed by atoms with van der Waals surface area (Å²) < 4.78 is 15.9. The number of amides is 1. The maximum Gasteiger partial charge on any atom is 0.225 e. The predicted molar refractivity (Wildman–Crippen MR) is 134 cm³/mol. The first-order valence-corrected chi connectivity index (χ1v) is 12.7. The van der Waals surface area contributed by atoms with Gasteiger partial charge in [0, 0.05) is 37.6 Å². The molecule has 1 amide bonds. The van der Waals surface area contributed by atoms with Gasteiger partial charge in [-0.3, -0.25) is 4.79 Å². The fourth-order valence-electron chi connectivity index (χ4n) is 4.48. The Labute approximate surface area is 205 Å². The number of aromatic nitrogens is 4. The highest BCUT2D eigenvalue weighted by Gasteiger charge is 2.31. The number of thiophene rings is 1. The summed E-state index contributed by atoms with van der Waals surface area (Å²) in [5.74, 6) is 1.57. The SMILES string of the molecule is COc1cc2nnsc2cc1Nc1ncnc2sc3c(c12)CC[C@H](C(=O)N(C)C[C@@H](C)OC)C3. The number of hydrogen-bond donors (Lipinski definition) is 1. The lowest BCUT2D eigenvalue weighted by atomic mass is 9.87. The van der Waals surface area contributed by atoms with Crippen LogP contribution in [0.15, 0.2) is 18.5 Å². The van der Waals surface area contributed by atoms with Crippen molar-refractivity contribution in [1.82, 2.24) is 24.5 Å². The van der Waals surface area contributed by atoms with E-state index in [-0.39, 0.29) is 17.9 Å². The lowest BCUT2D eigenvalue weighted by molar-refractivity contribution is -0.135. The number of ether oxygens (including phenoxy) is 2. The minimum Gasteiger partial charge on any atom is -0.494 e. The van der Waals surface area contributed by atoms with Crippen molar-refractivity contribution in [2.24, 2.45) is 5.92 Å². The first-order valence-electron chi connectivity index (χ1n) is 11.1. The maximum atomic E-state index is 13.0. The number of likely N-dealkylation sites (N-methyl/N-ethyl adjacent to an activating group) is 1. The number of nitrogens with zero attached hydrogens (tertiary/aromatic N) is 5. The van der Waals surface area contributed by atoms with Crippen LogP contribution in [0.2, 0.25) is 0 Å². The van der Waals surface area contributed by atoms with Crippen LogP contribution < -0.4 is 10.1 Å². The largest absolute Gasteiger partial charge is 0.494 e. The number of fused-ring (bicyclic) bond motifs is 4. The van der Waals surface area contributed by atoms with Crippen LogP contribution in [0.5, 0.6) is 5.75 Å². The Morgan fingerprint density at radius 1 is 1.32 bits per heavy atom. The van der Waals surface area contributed by atoms with E-state index in [4.69, 9.17) is 9.47 Å². The van der Waals surface area contributed by atoms with Crippen LogP contribution in [0.1, 0.15) is 23.8 Å². The fraction of sp³-hybridized carbons (Fsp3) is 0.435. The van der Waals surface area contributed by atoms with E-state index in [1.807, 2.05) is 26.1 Å². The smallest absolute Gasteiger partial charge is 0.225 e. The third kappa shape index (κ3) is 4.19. The van der Waals surface area contributed by atoms with E-state index < -0.39 is 0 Å². The van der Waals surface area contributed by atoms with Gasteiger partial charge in [0.05, 0.1) is 29.0 Å². The molecule has 11 heteroatoms. The lowest BCUT2D eigenvalue weighted by Crippen LogP contribution is -2.39. The van der Waals surface area contributed by atoms with Crippen molar-refractivity contribution in [2.75, 3.05) is 33.1 Å². The molecule has 0 radical (unpaired) electrons. The first kappa shape index (κ1) is 22.9. The molecule has 34 heavy (non-hydrogen) atoms. The Kier molecular flexibility index (Phi) is 6.32. The summed E-state index contributed by atoms with van der Waals surface area (Å²) in [6.45, 7) is 2.56. The Morgan fingerprint density at radius 2 is 2.18 bits per heavy atom. The molecule has 1 aliphatic rings. The van der Waals surface area contributed by atoms with E-state index in [1.165, 1.54) is 22.0 Å².